The lowest BCUT2D eigenvalue weighted by atomic mass is 10.1. The zero-order valence-electron chi connectivity index (χ0n) is 11.8. The van der Waals surface area contributed by atoms with Crippen LogP contribution in [-0.4, -0.2) is 31.6 Å². The Labute approximate surface area is 135 Å². The van der Waals surface area contributed by atoms with E-state index < -0.39 is 5.97 Å². The summed E-state index contributed by atoms with van der Waals surface area (Å²) in [5, 5.41) is 17.8. The van der Waals surface area contributed by atoms with Gasteiger partial charge in [0.1, 0.15) is 5.82 Å². The summed E-state index contributed by atoms with van der Waals surface area (Å²) >= 11 is 4.67. The Morgan fingerprint density at radius 3 is 2.86 bits per heavy atom. The van der Waals surface area contributed by atoms with Gasteiger partial charge in [-0.05, 0) is 24.6 Å². The van der Waals surface area contributed by atoms with Crippen LogP contribution >= 0.6 is 27.7 Å². The fourth-order valence-corrected chi connectivity index (χ4v) is 3.25. The van der Waals surface area contributed by atoms with Gasteiger partial charge in [0.15, 0.2) is 5.16 Å². The van der Waals surface area contributed by atoms with Gasteiger partial charge in [-0.1, -0.05) is 46.7 Å². The summed E-state index contributed by atoms with van der Waals surface area (Å²) in [5.41, 5.74) is 1.12. The highest BCUT2D eigenvalue weighted by Crippen LogP contribution is 2.27. The lowest BCUT2D eigenvalue weighted by molar-refractivity contribution is -0.133. The molecule has 1 heterocycles. The SMILES string of the molecule is CCc1nnc(SCC(=O)O)n1C(C)c1cccc(Br)c1. The van der Waals surface area contributed by atoms with E-state index in [0.29, 0.717) is 5.16 Å². The van der Waals surface area contributed by atoms with Gasteiger partial charge in [0, 0.05) is 10.9 Å². The average Bonchev–Trinajstić information content (AvgIpc) is 2.87. The molecule has 1 atom stereocenters. The van der Waals surface area contributed by atoms with E-state index in [1.165, 1.54) is 11.8 Å². The van der Waals surface area contributed by atoms with Crippen molar-refractivity contribution in [3.8, 4) is 0 Å². The number of halogens is 1. The largest absolute Gasteiger partial charge is 0.481 e. The molecular formula is C14H16BrN3O2S. The number of aromatic nitrogens is 3. The van der Waals surface area contributed by atoms with Crippen LogP contribution in [0.3, 0.4) is 0 Å². The predicted molar refractivity (Wildman–Crippen MR) is 85.7 cm³/mol. The molecule has 0 radical (unpaired) electrons. The Kier molecular flexibility index (Phi) is 5.41. The molecule has 0 bridgehead atoms. The standard InChI is InChI=1S/C14H16BrN3O2S/c1-3-12-16-17-14(21-8-13(19)20)18(12)9(2)10-5-4-6-11(15)7-10/h4-7,9H,3,8H2,1-2H3,(H,19,20). The second kappa shape index (κ2) is 7.09. The molecule has 112 valence electrons. The summed E-state index contributed by atoms with van der Waals surface area (Å²) in [5.74, 6) is -0.0226. The number of hydrogen-bond donors (Lipinski definition) is 1. The molecule has 0 amide bonds. The number of carboxylic acids is 1. The molecular weight excluding hydrogens is 354 g/mol. The molecule has 0 aliphatic carbocycles. The zero-order valence-corrected chi connectivity index (χ0v) is 14.2. The van der Waals surface area contributed by atoms with Crippen molar-refractivity contribution in [2.24, 2.45) is 0 Å². The zero-order chi connectivity index (χ0) is 15.4. The van der Waals surface area contributed by atoms with Crippen LogP contribution in [-0.2, 0) is 11.2 Å². The van der Waals surface area contributed by atoms with Gasteiger partial charge in [0.25, 0.3) is 0 Å². The molecule has 1 unspecified atom stereocenters. The lowest BCUT2D eigenvalue weighted by Gasteiger charge is -2.18. The first-order chi connectivity index (χ1) is 10.0. The number of nitrogens with zero attached hydrogens (tertiary/aromatic N) is 3. The molecule has 5 nitrogen and oxygen atoms in total. The lowest BCUT2D eigenvalue weighted by Crippen LogP contribution is -2.12. The summed E-state index contributed by atoms with van der Waals surface area (Å²) in [6, 6.07) is 8.10. The van der Waals surface area contributed by atoms with E-state index >= 15 is 0 Å². The minimum Gasteiger partial charge on any atom is -0.481 e. The van der Waals surface area contributed by atoms with Gasteiger partial charge >= 0.3 is 5.97 Å². The molecule has 1 N–H and O–H groups in total. The molecule has 0 fully saturated rings. The monoisotopic (exact) mass is 369 g/mol. The quantitative estimate of drug-likeness (QED) is 0.790. The highest BCUT2D eigenvalue weighted by molar-refractivity contribution is 9.10. The first-order valence-electron chi connectivity index (χ1n) is 6.56. The van der Waals surface area contributed by atoms with Crippen molar-refractivity contribution in [1.82, 2.24) is 14.8 Å². The summed E-state index contributed by atoms with van der Waals surface area (Å²) in [4.78, 5) is 10.8. The van der Waals surface area contributed by atoms with Crippen molar-refractivity contribution in [2.75, 3.05) is 5.75 Å². The van der Waals surface area contributed by atoms with Crippen molar-refractivity contribution < 1.29 is 9.90 Å². The van der Waals surface area contributed by atoms with E-state index in [1.807, 2.05) is 29.7 Å². The summed E-state index contributed by atoms with van der Waals surface area (Å²) < 4.78 is 3.02. The molecule has 0 saturated carbocycles. The van der Waals surface area contributed by atoms with E-state index in [1.54, 1.807) is 0 Å². The number of benzene rings is 1. The topological polar surface area (TPSA) is 68.0 Å². The minimum absolute atomic E-state index is 0.0208. The van der Waals surface area contributed by atoms with Crippen LogP contribution in [0, 0.1) is 0 Å². The Hall–Kier alpha value is -1.34. The smallest absolute Gasteiger partial charge is 0.313 e. The number of rotatable bonds is 6. The molecule has 0 aliphatic rings. The maximum atomic E-state index is 10.8. The Morgan fingerprint density at radius 1 is 1.48 bits per heavy atom. The van der Waals surface area contributed by atoms with Crippen molar-refractivity contribution >= 4 is 33.7 Å². The molecule has 0 saturated heterocycles. The second-order valence-electron chi connectivity index (χ2n) is 4.54. The first-order valence-corrected chi connectivity index (χ1v) is 8.34. The minimum atomic E-state index is -0.859. The van der Waals surface area contributed by atoms with Crippen LogP contribution in [0.1, 0.15) is 31.3 Å². The third-order valence-electron chi connectivity index (χ3n) is 3.09. The fourth-order valence-electron chi connectivity index (χ4n) is 2.08. The van der Waals surface area contributed by atoms with E-state index in [-0.39, 0.29) is 11.8 Å². The van der Waals surface area contributed by atoms with Crippen molar-refractivity contribution in [3.05, 3.63) is 40.1 Å². The summed E-state index contributed by atoms with van der Waals surface area (Å²) in [6.07, 6.45) is 0.749. The van der Waals surface area contributed by atoms with E-state index in [4.69, 9.17) is 5.11 Å². The van der Waals surface area contributed by atoms with Crippen LogP contribution in [0.25, 0.3) is 0 Å². The highest BCUT2D eigenvalue weighted by atomic mass is 79.9. The molecule has 0 spiro atoms. The van der Waals surface area contributed by atoms with Crippen LogP contribution in [0.15, 0.2) is 33.9 Å². The molecule has 2 rings (SSSR count). The van der Waals surface area contributed by atoms with Crippen LogP contribution in [0.2, 0.25) is 0 Å². The van der Waals surface area contributed by atoms with Gasteiger partial charge in [0.2, 0.25) is 0 Å². The van der Waals surface area contributed by atoms with Gasteiger partial charge in [-0.15, -0.1) is 10.2 Å². The highest BCUT2D eigenvalue weighted by Gasteiger charge is 2.19. The van der Waals surface area contributed by atoms with Crippen molar-refractivity contribution in [1.29, 1.82) is 0 Å². The number of carbonyl (C=O) groups is 1. The van der Waals surface area contributed by atoms with Crippen LogP contribution < -0.4 is 0 Å². The normalized spacial score (nSPS) is 12.3. The number of aryl methyl sites for hydroxylation is 1. The van der Waals surface area contributed by atoms with E-state index in [9.17, 15) is 4.79 Å². The van der Waals surface area contributed by atoms with E-state index in [2.05, 4.69) is 39.1 Å². The Balaban J connectivity index is 2.36. The number of aliphatic carboxylic acids is 1. The number of hydrogen-bond acceptors (Lipinski definition) is 4. The molecule has 2 aromatic rings. The van der Waals surface area contributed by atoms with Crippen LogP contribution in [0.4, 0.5) is 0 Å². The van der Waals surface area contributed by atoms with Gasteiger partial charge in [0.05, 0.1) is 11.8 Å². The van der Waals surface area contributed by atoms with Crippen molar-refractivity contribution in [2.45, 2.75) is 31.5 Å². The summed E-state index contributed by atoms with van der Waals surface area (Å²) in [6.45, 7) is 4.08. The van der Waals surface area contributed by atoms with Crippen LogP contribution in [0.5, 0.6) is 0 Å². The van der Waals surface area contributed by atoms with Gasteiger partial charge in [-0.2, -0.15) is 0 Å². The molecule has 0 aliphatic heterocycles. The predicted octanol–water partition coefficient (Wildman–Crippen LogP) is 3.39. The maximum Gasteiger partial charge on any atom is 0.313 e. The number of thioether (sulfide) groups is 1. The van der Waals surface area contributed by atoms with Crippen molar-refractivity contribution in [3.63, 3.8) is 0 Å². The molecule has 1 aromatic carbocycles. The average molecular weight is 370 g/mol. The molecule has 21 heavy (non-hydrogen) atoms. The Bertz CT molecular complexity index is 645. The maximum absolute atomic E-state index is 10.8. The fraction of sp³-hybridized carbons (Fsp3) is 0.357. The van der Waals surface area contributed by atoms with E-state index in [0.717, 1.165) is 22.3 Å². The summed E-state index contributed by atoms with van der Waals surface area (Å²) in [7, 11) is 0. The third-order valence-corrected chi connectivity index (χ3v) is 4.52. The van der Waals surface area contributed by atoms with Gasteiger partial charge in [-0.25, -0.2) is 0 Å². The van der Waals surface area contributed by atoms with Gasteiger partial charge in [-0.3, -0.25) is 9.36 Å². The Morgan fingerprint density at radius 2 is 2.24 bits per heavy atom. The van der Waals surface area contributed by atoms with Gasteiger partial charge < -0.3 is 5.11 Å². The molecule has 1 aromatic heterocycles. The first kappa shape index (κ1) is 16.0. The number of carboxylic acid groups (broad SMARTS) is 1. The third kappa shape index (κ3) is 3.85. The molecule has 7 heteroatoms. The second-order valence-corrected chi connectivity index (χ2v) is 6.39.